The molecule has 0 atom stereocenters. The summed E-state index contributed by atoms with van der Waals surface area (Å²) in [7, 11) is -4.88. The zero-order valence-corrected chi connectivity index (χ0v) is 7.21. The van der Waals surface area contributed by atoms with Crippen LogP contribution < -0.4 is 4.52 Å². The first-order chi connectivity index (χ1) is 6.18. The monoisotopic (exact) mass is 232 g/mol. The topological polar surface area (TPSA) is 95.4 Å². The number of hydrogen-bond acceptors (Lipinski definition) is 3. The first-order valence-electron chi connectivity index (χ1n) is 3.06. The summed E-state index contributed by atoms with van der Waals surface area (Å²) in [6, 6.07) is 0.346. The molecule has 10 heteroatoms. The number of H-pyrrole nitrogens is 1. The van der Waals surface area contributed by atoms with Gasteiger partial charge in [0.05, 0.1) is 0 Å². The van der Waals surface area contributed by atoms with Gasteiger partial charge >= 0.3 is 14.0 Å². The second-order valence-corrected chi connectivity index (χ2v) is 3.36. The number of phosphoric ester groups is 1. The van der Waals surface area contributed by atoms with E-state index in [4.69, 9.17) is 9.79 Å². The Hall–Kier alpha value is -1.05. The van der Waals surface area contributed by atoms with Crippen LogP contribution >= 0.6 is 7.82 Å². The van der Waals surface area contributed by atoms with Crippen molar-refractivity contribution >= 4 is 7.82 Å². The van der Waals surface area contributed by atoms with E-state index in [-0.39, 0.29) is 0 Å². The van der Waals surface area contributed by atoms with Crippen LogP contribution in [0.2, 0.25) is 0 Å². The molecule has 0 saturated heterocycles. The fraction of sp³-hybridized carbons (Fsp3) is 0.250. The van der Waals surface area contributed by atoms with Gasteiger partial charge < -0.3 is 4.52 Å². The molecular weight excluding hydrogens is 228 g/mol. The molecular formula is C4H4F3N2O4P. The van der Waals surface area contributed by atoms with Crippen LogP contribution in [0.15, 0.2) is 6.07 Å². The highest BCUT2D eigenvalue weighted by atomic mass is 31.2. The quantitative estimate of drug-likeness (QED) is 0.658. The van der Waals surface area contributed by atoms with Crippen molar-refractivity contribution in [1.29, 1.82) is 0 Å². The molecule has 14 heavy (non-hydrogen) atoms. The molecule has 0 aromatic carbocycles. The maximum absolute atomic E-state index is 11.9. The summed E-state index contributed by atoms with van der Waals surface area (Å²) >= 11 is 0. The normalized spacial score (nSPS) is 12.9. The number of phosphoric acid groups is 1. The van der Waals surface area contributed by atoms with Crippen LogP contribution in [0.3, 0.4) is 0 Å². The molecule has 0 unspecified atom stereocenters. The maximum Gasteiger partial charge on any atom is 0.526 e. The number of nitrogens with one attached hydrogen (secondary N) is 1. The van der Waals surface area contributed by atoms with Crippen molar-refractivity contribution in [3.05, 3.63) is 11.8 Å². The third-order valence-electron chi connectivity index (χ3n) is 1.07. The van der Waals surface area contributed by atoms with Crippen LogP contribution in [0.25, 0.3) is 0 Å². The summed E-state index contributed by atoms with van der Waals surface area (Å²) in [6.45, 7) is 0. The third-order valence-corrected chi connectivity index (χ3v) is 1.50. The fourth-order valence-electron chi connectivity index (χ4n) is 0.617. The third kappa shape index (κ3) is 3.02. The molecule has 0 fully saturated rings. The van der Waals surface area contributed by atoms with Crippen LogP contribution in [0, 0.1) is 0 Å². The first-order valence-corrected chi connectivity index (χ1v) is 4.59. The van der Waals surface area contributed by atoms with Gasteiger partial charge in [-0.15, -0.1) is 5.10 Å². The lowest BCUT2D eigenvalue weighted by atomic mass is 10.4. The van der Waals surface area contributed by atoms with Gasteiger partial charge in [-0.2, -0.15) is 13.2 Å². The van der Waals surface area contributed by atoms with E-state index in [0.717, 1.165) is 0 Å². The van der Waals surface area contributed by atoms with E-state index in [1.807, 2.05) is 0 Å². The van der Waals surface area contributed by atoms with Crippen molar-refractivity contribution in [2.75, 3.05) is 0 Å². The molecule has 1 aromatic rings. The van der Waals surface area contributed by atoms with E-state index < -0.39 is 25.6 Å². The molecule has 0 radical (unpaired) electrons. The minimum Gasteiger partial charge on any atom is -0.384 e. The van der Waals surface area contributed by atoms with Gasteiger partial charge in [-0.05, 0) is 0 Å². The molecule has 0 amide bonds. The standard InChI is InChI=1S/C4H4F3N2O4P/c5-4(6,7)2-1-3(9-8-2)13-14(10,11)12/h1H,(H,8,9)(H2,10,11,12). The second-order valence-electron chi connectivity index (χ2n) is 2.20. The van der Waals surface area contributed by atoms with E-state index in [1.54, 1.807) is 0 Å². The lowest BCUT2D eigenvalue weighted by Gasteiger charge is -2.01. The average molecular weight is 232 g/mol. The summed E-state index contributed by atoms with van der Waals surface area (Å²) in [5.74, 6) is -0.814. The molecule has 1 aromatic heterocycles. The van der Waals surface area contributed by atoms with Gasteiger partial charge in [-0.1, -0.05) is 0 Å². The first kappa shape index (κ1) is 11.0. The Kier molecular flexibility index (Phi) is 2.57. The molecule has 3 N–H and O–H groups in total. The lowest BCUT2D eigenvalue weighted by Crippen LogP contribution is -2.04. The van der Waals surface area contributed by atoms with E-state index in [2.05, 4.69) is 9.62 Å². The lowest BCUT2D eigenvalue weighted by molar-refractivity contribution is -0.141. The van der Waals surface area contributed by atoms with Gasteiger partial charge in [0.2, 0.25) is 5.88 Å². The molecule has 6 nitrogen and oxygen atoms in total. The summed E-state index contributed by atoms with van der Waals surface area (Å²) in [6.07, 6.45) is -4.66. The number of alkyl halides is 3. The molecule has 0 bridgehead atoms. The highest BCUT2D eigenvalue weighted by Crippen LogP contribution is 2.38. The largest absolute Gasteiger partial charge is 0.526 e. The Labute approximate surface area is 74.9 Å². The zero-order valence-electron chi connectivity index (χ0n) is 6.32. The van der Waals surface area contributed by atoms with Gasteiger partial charge in [0.1, 0.15) is 5.69 Å². The number of aromatic amines is 1. The van der Waals surface area contributed by atoms with E-state index >= 15 is 0 Å². The SMILES string of the molecule is O=P(O)(O)Oc1cc(C(F)(F)F)[nH]n1. The van der Waals surface area contributed by atoms with Crippen LogP contribution in [0.1, 0.15) is 5.69 Å². The number of halogens is 3. The zero-order chi connectivity index (χ0) is 11.0. The minimum atomic E-state index is -4.88. The van der Waals surface area contributed by atoms with E-state index in [0.29, 0.717) is 6.07 Å². The van der Waals surface area contributed by atoms with Gasteiger partial charge in [0.25, 0.3) is 0 Å². The van der Waals surface area contributed by atoms with Crippen molar-refractivity contribution in [1.82, 2.24) is 10.2 Å². The van der Waals surface area contributed by atoms with Crippen molar-refractivity contribution < 1.29 is 32.0 Å². The Bertz CT molecular complexity index is 369. The van der Waals surface area contributed by atoms with Gasteiger partial charge in [0.15, 0.2) is 0 Å². The summed E-state index contributed by atoms with van der Waals surface area (Å²) < 4.78 is 49.7. The van der Waals surface area contributed by atoms with Crippen molar-refractivity contribution in [2.45, 2.75) is 6.18 Å². The highest BCUT2D eigenvalue weighted by molar-refractivity contribution is 7.46. The van der Waals surface area contributed by atoms with Crippen LogP contribution in [0.4, 0.5) is 13.2 Å². The number of aromatic nitrogens is 2. The van der Waals surface area contributed by atoms with Crippen molar-refractivity contribution in [2.24, 2.45) is 0 Å². The Morgan fingerprint density at radius 3 is 2.43 bits per heavy atom. The molecule has 0 aliphatic carbocycles. The molecule has 0 spiro atoms. The Morgan fingerprint density at radius 1 is 1.50 bits per heavy atom. The molecule has 1 heterocycles. The van der Waals surface area contributed by atoms with E-state index in [9.17, 15) is 17.7 Å². The van der Waals surface area contributed by atoms with Gasteiger partial charge in [-0.25, -0.2) is 4.57 Å². The van der Waals surface area contributed by atoms with Crippen molar-refractivity contribution in [3.8, 4) is 5.88 Å². The van der Waals surface area contributed by atoms with Crippen LogP contribution in [-0.2, 0) is 10.7 Å². The summed E-state index contributed by atoms with van der Waals surface area (Å²) in [4.78, 5) is 16.5. The molecule has 0 aliphatic heterocycles. The van der Waals surface area contributed by atoms with E-state index in [1.165, 1.54) is 5.10 Å². The van der Waals surface area contributed by atoms with Crippen LogP contribution in [-0.4, -0.2) is 20.0 Å². The van der Waals surface area contributed by atoms with Gasteiger partial charge in [0, 0.05) is 6.07 Å². The average Bonchev–Trinajstić information content (AvgIpc) is 2.29. The minimum absolute atomic E-state index is 0.346. The number of hydrogen-bond donors (Lipinski definition) is 3. The summed E-state index contributed by atoms with van der Waals surface area (Å²) in [5, 5.41) is 4.43. The second kappa shape index (κ2) is 3.26. The Balaban J connectivity index is 2.85. The summed E-state index contributed by atoms with van der Waals surface area (Å²) in [5.41, 5.74) is -1.25. The molecule has 0 aliphatic rings. The molecule has 80 valence electrons. The predicted octanol–water partition coefficient (Wildman–Crippen LogP) is 0.900. The number of rotatable bonds is 2. The number of nitrogens with zero attached hydrogens (tertiary/aromatic N) is 1. The smallest absolute Gasteiger partial charge is 0.384 e. The maximum atomic E-state index is 11.9. The van der Waals surface area contributed by atoms with Crippen LogP contribution in [0.5, 0.6) is 5.88 Å². The van der Waals surface area contributed by atoms with Gasteiger partial charge in [-0.3, -0.25) is 14.9 Å². The highest BCUT2D eigenvalue weighted by Gasteiger charge is 2.34. The fourth-order valence-corrected chi connectivity index (χ4v) is 0.954. The molecule has 1 rings (SSSR count). The predicted molar refractivity (Wildman–Crippen MR) is 36.3 cm³/mol. The molecule has 0 saturated carbocycles. The Morgan fingerprint density at radius 2 is 2.07 bits per heavy atom. The van der Waals surface area contributed by atoms with Crippen molar-refractivity contribution in [3.63, 3.8) is 0 Å².